The van der Waals surface area contributed by atoms with Gasteiger partial charge in [0.15, 0.2) is 0 Å². The van der Waals surface area contributed by atoms with Crippen LogP contribution in [0.1, 0.15) is 24.7 Å². The zero-order valence-electron chi connectivity index (χ0n) is 12.5. The molecule has 4 nitrogen and oxygen atoms in total. The van der Waals surface area contributed by atoms with Crippen LogP contribution in [0.3, 0.4) is 0 Å². The maximum Gasteiger partial charge on any atom is 0.124 e. The number of nitrogens with one attached hydrogen (secondary N) is 1. The molecule has 0 saturated carbocycles. The summed E-state index contributed by atoms with van der Waals surface area (Å²) >= 11 is 0. The van der Waals surface area contributed by atoms with Gasteiger partial charge in [0.2, 0.25) is 0 Å². The smallest absolute Gasteiger partial charge is 0.124 e. The Balaban J connectivity index is 1.93. The molecule has 2 heterocycles. The first-order chi connectivity index (χ1) is 9.78. The van der Waals surface area contributed by atoms with E-state index in [0.717, 1.165) is 51.2 Å². The minimum atomic E-state index is 0.968. The molecular weight excluding hydrogens is 248 g/mol. The number of rotatable bonds is 4. The molecular formula is C16H24N4. The maximum atomic E-state index is 4.89. The first kappa shape index (κ1) is 13.6. The Hall–Kier alpha value is -1.39. The second-order valence-corrected chi connectivity index (χ2v) is 5.70. The molecule has 0 aliphatic carbocycles. The van der Waals surface area contributed by atoms with Crippen molar-refractivity contribution in [1.82, 2.24) is 19.8 Å². The predicted molar refractivity (Wildman–Crippen MR) is 82.9 cm³/mol. The Morgan fingerprint density at radius 2 is 2.05 bits per heavy atom. The molecule has 0 bridgehead atoms. The average Bonchev–Trinajstić information content (AvgIpc) is 2.77. The number of aryl methyl sites for hydroxylation is 2. The summed E-state index contributed by atoms with van der Waals surface area (Å²) in [5.74, 6) is 1.22. The third kappa shape index (κ3) is 2.72. The third-order valence-corrected chi connectivity index (χ3v) is 4.00. The standard InChI is InChI=1S/C16H24N4/c1-3-8-20-15-5-4-13(2)11-14(15)18-16(20)12-19-9-6-17-7-10-19/h4-5,11,17H,3,6-10,12H2,1-2H3. The lowest BCUT2D eigenvalue weighted by Crippen LogP contribution is -2.43. The number of hydrogen-bond acceptors (Lipinski definition) is 3. The van der Waals surface area contributed by atoms with Crippen molar-refractivity contribution in [3.63, 3.8) is 0 Å². The second-order valence-electron chi connectivity index (χ2n) is 5.70. The van der Waals surface area contributed by atoms with Gasteiger partial charge in [0.05, 0.1) is 17.6 Å². The summed E-state index contributed by atoms with van der Waals surface area (Å²) in [5, 5.41) is 3.41. The highest BCUT2D eigenvalue weighted by atomic mass is 15.2. The first-order valence-corrected chi connectivity index (χ1v) is 7.67. The van der Waals surface area contributed by atoms with Crippen LogP contribution in [-0.2, 0) is 13.1 Å². The van der Waals surface area contributed by atoms with E-state index < -0.39 is 0 Å². The zero-order valence-corrected chi connectivity index (χ0v) is 12.5. The van der Waals surface area contributed by atoms with E-state index in [4.69, 9.17) is 4.98 Å². The summed E-state index contributed by atoms with van der Waals surface area (Å²) < 4.78 is 2.40. The quantitative estimate of drug-likeness (QED) is 0.926. The Morgan fingerprint density at radius 1 is 1.25 bits per heavy atom. The molecule has 1 aromatic heterocycles. The summed E-state index contributed by atoms with van der Waals surface area (Å²) in [6.45, 7) is 10.8. The van der Waals surface area contributed by atoms with Crippen molar-refractivity contribution in [2.24, 2.45) is 0 Å². The van der Waals surface area contributed by atoms with Gasteiger partial charge < -0.3 is 9.88 Å². The highest BCUT2D eigenvalue weighted by molar-refractivity contribution is 5.76. The highest BCUT2D eigenvalue weighted by Gasteiger charge is 2.15. The molecule has 2 aromatic rings. The molecule has 0 radical (unpaired) electrons. The maximum absolute atomic E-state index is 4.89. The van der Waals surface area contributed by atoms with Crippen LogP contribution in [-0.4, -0.2) is 40.6 Å². The van der Waals surface area contributed by atoms with Crippen molar-refractivity contribution < 1.29 is 0 Å². The lowest BCUT2D eigenvalue weighted by molar-refractivity contribution is 0.225. The Kier molecular flexibility index (Phi) is 4.03. The van der Waals surface area contributed by atoms with Gasteiger partial charge in [-0.25, -0.2) is 4.98 Å². The van der Waals surface area contributed by atoms with Gasteiger partial charge in [-0.05, 0) is 31.0 Å². The molecule has 0 unspecified atom stereocenters. The van der Waals surface area contributed by atoms with Crippen molar-refractivity contribution in [2.45, 2.75) is 33.4 Å². The Labute approximate surface area is 120 Å². The van der Waals surface area contributed by atoms with E-state index in [2.05, 4.69) is 46.8 Å². The number of aromatic nitrogens is 2. The summed E-state index contributed by atoms with van der Waals surface area (Å²) in [7, 11) is 0. The summed E-state index contributed by atoms with van der Waals surface area (Å²) in [5.41, 5.74) is 3.71. The minimum absolute atomic E-state index is 0.968. The molecule has 3 rings (SSSR count). The van der Waals surface area contributed by atoms with Crippen LogP contribution in [0.4, 0.5) is 0 Å². The Morgan fingerprint density at radius 3 is 2.80 bits per heavy atom. The summed E-state index contributed by atoms with van der Waals surface area (Å²) in [4.78, 5) is 7.38. The van der Waals surface area contributed by atoms with E-state index >= 15 is 0 Å². The summed E-state index contributed by atoms with van der Waals surface area (Å²) in [6, 6.07) is 6.60. The fraction of sp³-hybridized carbons (Fsp3) is 0.562. The molecule has 4 heteroatoms. The van der Waals surface area contributed by atoms with Crippen LogP contribution in [0.25, 0.3) is 11.0 Å². The fourth-order valence-corrected chi connectivity index (χ4v) is 2.95. The van der Waals surface area contributed by atoms with Crippen molar-refractivity contribution in [3.05, 3.63) is 29.6 Å². The largest absolute Gasteiger partial charge is 0.327 e. The predicted octanol–water partition coefficient (Wildman–Crippen LogP) is 2.16. The molecule has 1 fully saturated rings. The van der Waals surface area contributed by atoms with Gasteiger partial charge in [-0.2, -0.15) is 0 Å². The third-order valence-electron chi connectivity index (χ3n) is 4.00. The van der Waals surface area contributed by atoms with Gasteiger partial charge in [-0.3, -0.25) is 4.90 Å². The van der Waals surface area contributed by atoms with Crippen LogP contribution in [0.15, 0.2) is 18.2 Å². The molecule has 1 aliphatic heterocycles. The van der Waals surface area contributed by atoms with Gasteiger partial charge >= 0.3 is 0 Å². The molecule has 0 amide bonds. The zero-order chi connectivity index (χ0) is 13.9. The van der Waals surface area contributed by atoms with Gasteiger partial charge in [-0.1, -0.05) is 13.0 Å². The molecule has 20 heavy (non-hydrogen) atoms. The number of imidazole rings is 1. The SMILES string of the molecule is CCCn1c(CN2CCNCC2)nc2cc(C)ccc21. The second kappa shape index (κ2) is 5.94. The van der Waals surface area contributed by atoms with E-state index in [1.54, 1.807) is 0 Å². The van der Waals surface area contributed by atoms with Crippen molar-refractivity contribution in [2.75, 3.05) is 26.2 Å². The van der Waals surface area contributed by atoms with Crippen molar-refractivity contribution in [1.29, 1.82) is 0 Å². The number of nitrogens with zero attached hydrogens (tertiary/aromatic N) is 3. The van der Waals surface area contributed by atoms with E-state index in [0.29, 0.717) is 0 Å². The minimum Gasteiger partial charge on any atom is -0.327 e. The van der Waals surface area contributed by atoms with Crippen LogP contribution in [0.5, 0.6) is 0 Å². The van der Waals surface area contributed by atoms with Gasteiger partial charge in [-0.15, -0.1) is 0 Å². The van der Waals surface area contributed by atoms with E-state index in [1.807, 2.05) is 0 Å². The van der Waals surface area contributed by atoms with E-state index in [1.165, 1.54) is 16.9 Å². The lowest BCUT2D eigenvalue weighted by Gasteiger charge is -2.27. The van der Waals surface area contributed by atoms with Crippen molar-refractivity contribution >= 4 is 11.0 Å². The molecule has 1 saturated heterocycles. The van der Waals surface area contributed by atoms with Crippen LogP contribution in [0, 0.1) is 6.92 Å². The van der Waals surface area contributed by atoms with Gasteiger partial charge in [0, 0.05) is 32.7 Å². The van der Waals surface area contributed by atoms with E-state index in [-0.39, 0.29) is 0 Å². The van der Waals surface area contributed by atoms with Gasteiger partial charge in [0.1, 0.15) is 5.82 Å². The number of piperazine rings is 1. The van der Waals surface area contributed by atoms with Gasteiger partial charge in [0.25, 0.3) is 0 Å². The molecule has 0 spiro atoms. The van der Waals surface area contributed by atoms with Crippen LogP contribution in [0.2, 0.25) is 0 Å². The van der Waals surface area contributed by atoms with Crippen LogP contribution >= 0.6 is 0 Å². The summed E-state index contributed by atoms with van der Waals surface area (Å²) in [6.07, 6.45) is 1.15. The molecule has 1 aromatic carbocycles. The number of fused-ring (bicyclic) bond motifs is 1. The number of benzene rings is 1. The molecule has 1 aliphatic rings. The van der Waals surface area contributed by atoms with Crippen molar-refractivity contribution in [3.8, 4) is 0 Å². The molecule has 0 atom stereocenters. The van der Waals surface area contributed by atoms with E-state index in [9.17, 15) is 0 Å². The average molecular weight is 272 g/mol. The van der Waals surface area contributed by atoms with Crippen LogP contribution < -0.4 is 5.32 Å². The number of hydrogen-bond donors (Lipinski definition) is 1. The molecule has 1 N–H and O–H groups in total. The highest BCUT2D eigenvalue weighted by Crippen LogP contribution is 2.19. The monoisotopic (exact) mass is 272 g/mol. The molecule has 108 valence electrons. The first-order valence-electron chi connectivity index (χ1n) is 7.67. The Bertz CT molecular complexity index is 581. The lowest BCUT2D eigenvalue weighted by atomic mass is 10.2. The fourth-order valence-electron chi connectivity index (χ4n) is 2.95. The topological polar surface area (TPSA) is 33.1 Å². The normalized spacial score (nSPS) is 16.9.